The number of rotatable bonds is 5. The Morgan fingerprint density at radius 1 is 1.30 bits per heavy atom. The lowest BCUT2D eigenvalue weighted by molar-refractivity contribution is -0.129. The lowest BCUT2D eigenvalue weighted by atomic mass is 9.98. The largest absolute Gasteiger partial charge is 0.361 e. The maximum atomic E-state index is 12.5. The molecule has 0 radical (unpaired) electrons. The third-order valence-electron chi connectivity index (χ3n) is 3.98. The van der Waals surface area contributed by atoms with Crippen molar-refractivity contribution in [2.45, 2.75) is 65.5 Å². The van der Waals surface area contributed by atoms with Crippen molar-refractivity contribution in [2.24, 2.45) is 0 Å². The van der Waals surface area contributed by atoms with Gasteiger partial charge in [-0.15, -0.1) is 0 Å². The minimum atomic E-state index is -0.306. The highest BCUT2D eigenvalue weighted by Crippen LogP contribution is 2.23. The van der Waals surface area contributed by atoms with Crippen molar-refractivity contribution in [3.63, 3.8) is 0 Å². The Kier molecular flexibility index (Phi) is 5.64. The predicted molar refractivity (Wildman–Crippen MR) is 92.1 cm³/mol. The molecule has 0 bridgehead atoms. The molecule has 1 aliphatic rings. The van der Waals surface area contributed by atoms with Crippen molar-refractivity contribution in [3.8, 4) is 0 Å². The average Bonchev–Trinajstić information content (AvgIpc) is 2.87. The molecule has 2 rings (SSSR count). The van der Waals surface area contributed by atoms with Gasteiger partial charge in [0, 0.05) is 30.4 Å². The monoisotopic (exact) mass is 317 g/mol. The molecule has 1 aromatic rings. The van der Waals surface area contributed by atoms with Gasteiger partial charge in [-0.2, -0.15) is 0 Å². The van der Waals surface area contributed by atoms with E-state index >= 15 is 0 Å². The highest BCUT2D eigenvalue weighted by atomic mass is 16.2. The molecule has 1 heterocycles. The normalized spacial score (nSPS) is 13.3. The third kappa shape index (κ3) is 4.24. The number of allylic oxidation sites excluding steroid dienone is 1. The summed E-state index contributed by atoms with van der Waals surface area (Å²) in [4.78, 5) is 29.3. The number of aromatic nitrogens is 1. The zero-order chi connectivity index (χ0) is 17.0. The van der Waals surface area contributed by atoms with Crippen LogP contribution in [0.15, 0.2) is 12.3 Å². The summed E-state index contributed by atoms with van der Waals surface area (Å²) in [5.74, 6) is -0.126. The van der Waals surface area contributed by atoms with Gasteiger partial charge in [0.15, 0.2) is 0 Å². The number of carbonyl (C=O) groups excluding carboxylic acids is 2. The van der Waals surface area contributed by atoms with E-state index in [2.05, 4.69) is 22.5 Å². The summed E-state index contributed by atoms with van der Waals surface area (Å²) < 4.78 is 0. The summed E-state index contributed by atoms with van der Waals surface area (Å²) in [6.45, 7) is 7.50. The first-order chi connectivity index (χ1) is 10.9. The Morgan fingerprint density at radius 2 is 2.04 bits per heavy atom. The number of amides is 3. The summed E-state index contributed by atoms with van der Waals surface area (Å²) in [5.41, 5.74) is 3.64. The quantitative estimate of drug-likeness (QED) is 0.875. The number of imide groups is 1. The molecule has 0 spiro atoms. The van der Waals surface area contributed by atoms with Crippen LogP contribution in [0.25, 0.3) is 6.08 Å². The predicted octanol–water partition coefficient (Wildman–Crippen LogP) is 3.26. The molecule has 0 aromatic carbocycles. The Labute approximate surface area is 138 Å². The molecule has 1 aromatic heterocycles. The number of nitrogens with zero attached hydrogens (tertiary/aromatic N) is 1. The van der Waals surface area contributed by atoms with Gasteiger partial charge in [0.1, 0.15) is 0 Å². The van der Waals surface area contributed by atoms with Gasteiger partial charge in [-0.05, 0) is 64.2 Å². The first-order valence-corrected chi connectivity index (χ1v) is 8.38. The smallest absolute Gasteiger partial charge is 0.324 e. The molecular formula is C18H27N3O2. The van der Waals surface area contributed by atoms with Crippen LogP contribution in [0.3, 0.4) is 0 Å². The zero-order valence-electron chi connectivity index (χ0n) is 14.5. The fraction of sp³-hybridized carbons (Fsp3) is 0.556. The van der Waals surface area contributed by atoms with Crippen LogP contribution in [0.2, 0.25) is 0 Å². The number of urea groups is 1. The highest BCUT2D eigenvalue weighted by Gasteiger charge is 2.25. The van der Waals surface area contributed by atoms with Crippen LogP contribution in [0.4, 0.5) is 4.79 Å². The summed E-state index contributed by atoms with van der Waals surface area (Å²) in [6, 6.07) is -0.441. The zero-order valence-corrected chi connectivity index (χ0v) is 14.5. The number of hydrogen-bond donors (Lipinski definition) is 2. The molecule has 0 fully saturated rings. The molecule has 0 aliphatic heterocycles. The van der Waals surface area contributed by atoms with E-state index < -0.39 is 0 Å². The number of carbonyl (C=O) groups is 2. The van der Waals surface area contributed by atoms with Crippen LogP contribution in [0.1, 0.15) is 57.4 Å². The van der Waals surface area contributed by atoms with Crippen LogP contribution in [0, 0.1) is 0 Å². The minimum absolute atomic E-state index is 0.0139. The van der Waals surface area contributed by atoms with E-state index in [1.807, 2.05) is 33.9 Å². The lowest BCUT2D eigenvalue weighted by Crippen LogP contribution is -2.49. The second-order valence-corrected chi connectivity index (χ2v) is 6.61. The second-order valence-electron chi connectivity index (χ2n) is 6.61. The van der Waals surface area contributed by atoms with Gasteiger partial charge in [-0.3, -0.25) is 9.69 Å². The van der Waals surface area contributed by atoms with Crippen LogP contribution >= 0.6 is 0 Å². The number of aryl methyl sites for hydroxylation is 1. The van der Waals surface area contributed by atoms with Crippen molar-refractivity contribution in [3.05, 3.63) is 29.1 Å². The Hall–Kier alpha value is -2.04. The molecule has 2 N–H and O–H groups in total. The van der Waals surface area contributed by atoms with Crippen molar-refractivity contribution < 1.29 is 9.59 Å². The minimum Gasteiger partial charge on any atom is -0.361 e. The summed E-state index contributed by atoms with van der Waals surface area (Å²) in [5, 5.41) is 2.80. The number of hydrogen-bond acceptors (Lipinski definition) is 2. The van der Waals surface area contributed by atoms with E-state index in [1.165, 1.54) is 16.0 Å². The van der Waals surface area contributed by atoms with Crippen molar-refractivity contribution in [2.75, 3.05) is 0 Å². The SMILES string of the molecule is CC(C)NC(=O)N(C(=O)CCc1c[nH]c2c1CCC=C2)C(C)C. The van der Waals surface area contributed by atoms with E-state index in [-0.39, 0.29) is 24.0 Å². The summed E-state index contributed by atoms with van der Waals surface area (Å²) in [7, 11) is 0. The molecule has 126 valence electrons. The molecule has 0 saturated heterocycles. The molecule has 0 atom stereocenters. The Morgan fingerprint density at radius 3 is 2.70 bits per heavy atom. The fourth-order valence-corrected chi connectivity index (χ4v) is 2.92. The standard InChI is InChI=1S/C18H27N3O2/c1-12(2)20-18(23)21(13(3)4)17(22)10-9-14-11-19-16-8-6-5-7-15(14)16/h6,8,11-13,19H,5,7,9-10H2,1-4H3,(H,20,23). The Balaban J connectivity index is 2.01. The van der Waals surface area contributed by atoms with Crippen molar-refractivity contribution in [1.82, 2.24) is 15.2 Å². The topological polar surface area (TPSA) is 65.2 Å². The van der Waals surface area contributed by atoms with E-state index in [0.717, 1.165) is 18.5 Å². The third-order valence-corrected chi connectivity index (χ3v) is 3.98. The first-order valence-electron chi connectivity index (χ1n) is 8.38. The maximum Gasteiger partial charge on any atom is 0.324 e. The molecule has 0 unspecified atom stereocenters. The molecule has 5 heteroatoms. The van der Waals surface area contributed by atoms with Gasteiger partial charge >= 0.3 is 6.03 Å². The first kappa shape index (κ1) is 17.3. The summed E-state index contributed by atoms with van der Waals surface area (Å²) in [6.07, 6.45) is 9.31. The van der Waals surface area contributed by atoms with Gasteiger partial charge in [0.05, 0.1) is 0 Å². The van der Waals surface area contributed by atoms with Gasteiger partial charge in [-0.1, -0.05) is 6.08 Å². The van der Waals surface area contributed by atoms with Gasteiger partial charge in [-0.25, -0.2) is 4.79 Å². The molecular weight excluding hydrogens is 290 g/mol. The van der Waals surface area contributed by atoms with Crippen LogP contribution in [0.5, 0.6) is 0 Å². The summed E-state index contributed by atoms with van der Waals surface area (Å²) >= 11 is 0. The fourth-order valence-electron chi connectivity index (χ4n) is 2.92. The molecule has 3 amide bonds. The Bertz CT molecular complexity index is 599. The van der Waals surface area contributed by atoms with Crippen LogP contribution in [-0.2, 0) is 17.6 Å². The van der Waals surface area contributed by atoms with Crippen molar-refractivity contribution in [1.29, 1.82) is 0 Å². The molecule has 5 nitrogen and oxygen atoms in total. The van der Waals surface area contributed by atoms with E-state index in [9.17, 15) is 9.59 Å². The number of aromatic amines is 1. The second kappa shape index (κ2) is 7.49. The molecule has 1 aliphatic carbocycles. The number of fused-ring (bicyclic) bond motifs is 1. The highest BCUT2D eigenvalue weighted by molar-refractivity contribution is 5.95. The average molecular weight is 317 g/mol. The number of H-pyrrole nitrogens is 1. The van der Waals surface area contributed by atoms with Gasteiger partial charge in [0.2, 0.25) is 5.91 Å². The van der Waals surface area contributed by atoms with Gasteiger partial charge < -0.3 is 10.3 Å². The van der Waals surface area contributed by atoms with Crippen LogP contribution in [-0.4, -0.2) is 33.9 Å². The number of nitrogens with one attached hydrogen (secondary N) is 2. The lowest BCUT2D eigenvalue weighted by Gasteiger charge is -2.26. The maximum absolute atomic E-state index is 12.5. The van der Waals surface area contributed by atoms with E-state index in [0.29, 0.717) is 12.8 Å². The van der Waals surface area contributed by atoms with E-state index in [4.69, 9.17) is 0 Å². The molecule has 23 heavy (non-hydrogen) atoms. The van der Waals surface area contributed by atoms with Crippen LogP contribution < -0.4 is 5.32 Å². The van der Waals surface area contributed by atoms with Gasteiger partial charge in [0.25, 0.3) is 0 Å². The van der Waals surface area contributed by atoms with Crippen molar-refractivity contribution >= 4 is 18.0 Å². The molecule has 0 saturated carbocycles. The van der Waals surface area contributed by atoms with E-state index in [1.54, 1.807) is 0 Å².